The highest BCUT2D eigenvalue weighted by Gasteiger charge is 2.22. The normalized spacial score (nSPS) is 17.3. The molecule has 0 unspecified atom stereocenters. The summed E-state index contributed by atoms with van der Waals surface area (Å²) in [5, 5.41) is 0. The minimum absolute atomic E-state index is 0.392. The Hall–Kier alpha value is -2.48. The first-order chi connectivity index (χ1) is 11.7. The molecular formula is C22H25NO. The van der Waals surface area contributed by atoms with Crippen LogP contribution in [-0.2, 0) is 13.0 Å². The third kappa shape index (κ3) is 3.70. The third-order valence-electron chi connectivity index (χ3n) is 4.83. The van der Waals surface area contributed by atoms with Crippen LogP contribution in [-0.4, -0.2) is 18.1 Å². The first kappa shape index (κ1) is 16.4. The zero-order valence-electron chi connectivity index (χ0n) is 14.7. The van der Waals surface area contributed by atoms with E-state index in [0.717, 1.165) is 18.7 Å². The van der Waals surface area contributed by atoms with Gasteiger partial charge in [0.2, 0.25) is 0 Å². The van der Waals surface area contributed by atoms with Gasteiger partial charge < -0.3 is 9.64 Å². The molecule has 1 aliphatic heterocycles. The van der Waals surface area contributed by atoms with E-state index in [1.807, 2.05) is 12.1 Å². The van der Waals surface area contributed by atoms with E-state index in [0.29, 0.717) is 6.04 Å². The van der Waals surface area contributed by atoms with Crippen molar-refractivity contribution in [1.29, 1.82) is 0 Å². The van der Waals surface area contributed by atoms with Crippen molar-refractivity contribution in [2.75, 3.05) is 7.11 Å². The Balaban J connectivity index is 1.81. The molecule has 2 nitrogen and oxygen atoms in total. The van der Waals surface area contributed by atoms with Crippen molar-refractivity contribution in [2.45, 2.75) is 32.9 Å². The molecule has 0 aromatic heterocycles. The highest BCUT2D eigenvalue weighted by Crippen LogP contribution is 2.26. The second-order valence-electron chi connectivity index (χ2n) is 6.41. The summed E-state index contributed by atoms with van der Waals surface area (Å²) in [5.74, 6) is 0.909. The molecule has 1 heterocycles. The molecule has 0 amide bonds. The molecule has 2 aromatic carbocycles. The fourth-order valence-corrected chi connectivity index (χ4v) is 3.17. The van der Waals surface area contributed by atoms with Gasteiger partial charge >= 0.3 is 0 Å². The van der Waals surface area contributed by atoms with E-state index in [1.165, 1.54) is 22.3 Å². The van der Waals surface area contributed by atoms with Gasteiger partial charge in [0.15, 0.2) is 0 Å². The van der Waals surface area contributed by atoms with Crippen LogP contribution in [0.1, 0.15) is 25.0 Å². The number of nitrogens with zero attached hydrogens (tertiary/aromatic N) is 1. The lowest BCUT2D eigenvalue weighted by molar-refractivity contribution is 0.291. The molecule has 0 radical (unpaired) electrons. The van der Waals surface area contributed by atoms with E-state index in [-0.39, 0.29) is 0 Å². The second kappa shape index (κ2) is 7.39. The van der Waals surface area contributed by atoms with Gasteiger partial charge in [-0.3, -0.25) is 0 Å². The quantitative estimate of drug-likeness (QED) is 0.771. The van der Waals surface area contributed by atoms with E-state index in [9.17, 15) is 0 Å². The van der Waals surface area contributed by atoms with Crippen LogP contribution in [0.5, 0.6) is 5.75 Å². The van der Waals surface area contributed by atoms with Crippen LogP contribution in [0.2, 0.25) is 0 Å². The van der Waals surface area contributed by atoms with Crippen molar-refractivity contribution < 1.29 is 4.74 Å². The average Bonchev–Trinajstić information content (AvgIpc) is 2.63. The molecule has 3 rings (SSSR count). The van der Waals surface area contributed by atoms with E-state index < -0.39 is 0 Å². The Morgan fingerprint density at radius 1 is 0.917 bits per heavy atom. The van der Waals surface area contributed by atoms with Crippen LogP contribution in [0, 0.1) is 0 Å². The molecule has 2 heteroatoms. The minimum atomic E-state index is 0.392. The summed E-state index contributed by atoms with van der Waals surface area (Å²) in [5.41, 5.74) is 5.50. The lowest BCUT2D eigenvalue weighted by Crippen LogP contribution is -2.35. The molecule has 0 bridgehead atoms. The molecule has 0 fully saturated rings. The summed E-state index contributed by atoms with van der Waals surface area (Å²) in [6.07, 6.45) is 5.47. The molecule has 0 aliphatic carbocycles. The Kier molecular flexibility index (Phi) is 5.05. The Morgan fingerprint density at radius 2 is 1.62 bits per heavy atom. The second-order valence-corrected chi connectivity index (χ2v) is 6.41. The lowest BCUT2D eigenvalue weighted by atomic mass is 9.92. The highest BCUT2D eigenvalue weighted by molar-refractivity contribution is 5.34. The maximum atomic E-state index is 5.27. The van der Waals surface area contributed by atoms with Crippen molar-refractivity contribution in [2.24, 2.45) is 0 Å². The van der Waals surface area contributed by atoms with Gasteiger partial charge in [-0.05, 0) is 60.8 Å². The van der Waals surface area contributed by atoms with Gasteiger partial charge in [-0.1, -0.05) is 42.5 Å². The zero-order valence-corrected chi connectivity index (χ0v) is 14.7. The molecule has 24 heavy (non-hydrogen) atoms. The first-order valence-corrected chi connectivity index (χ1v) is 8.45. The standard InChI is InChI=1S/C22H25NO/c1-17-13-14-23(16-20-7-5-4-6-8-20)22(18(17)2)15-19-9-11-21(24-3)12-10-19/h4-14,22H,15-16H2,1-3H3/t22-/m1/s1. The SMILES string of the molecule is COc1ccc(C[C@@H]2C(C)=C(C)C=CN2Cc2ccccc2)cc1. The Morgan fingerprint density at radius 3 is 2.29 bits per heavy atom. The number of hydrogen-bond donors (Lipinski definition) is 0. The molecule has 1 atom stereocenters. The molecule has 0 N–H and O–H groups in total. The predicted molar refractivity (Wildman–Crippen MR) is 100.0 cm³/mol. The molecule has 0 saturated heterocycles. The van der Waals surface area contributed by atoms with Gasteiger partial charge in [-0.25, -0.2) is 0 Å². The topological polar surface area (TPSA) is 12.5 Å². The van der Waals surface area contributed by atoms with Crippen molar-refractivity contribution in [1.82, 2.24) is 4.90 Å². The van der Waals surface area contributed by atoms with Crippen LogP contribution in [0.4, 0.5) is 0 Å². The Labute approximate surface area is 145 Å². The monoisotopic (exact) mass is 319 g/mol. The van der Waals surface area contributed by atoms with Crippen LogP contribution >= 0.6 is 0 Å². The smallest absolute Gasteiger partial charge is 0.118 e. The predicted octanol–water partition coefficient (Wildman–Crippen LogP) is 4.97. The largest absolute Gasteiger partial charge is 0.497 e. The minimum Gasteiger partial charge on any atom is -0.497 e. The zero-order chi connectivity index (χ0) is 16.9. The van der Waals surface area contributed by atoms with E-state index in [2.05, 4.69) is 73.5 Å². The van der Waals surface area contributed by atoms with Gasteiger partial charge in [-0.2, -0.15) is 0 Å². The molecule has 0 saturated carbocycles. The summed E-state index contributed by atoms with van der Waals surface area (Å²) in [6, 6.07) is 19.5. The van der Waals surface area contributed by atoms with Crippen molar-refractivity contribution in [3.05, 3.63) is 89.1 Å². The number of allylic oxidation sites excluding steroid dienone is 2. The first-order valence-electron chi connectivity index (χ1n) is 8.45. The molecule has 0 spiro atoms. The van der Waals surface area contributed by atoms with Crippen LogP contribution in [0.3, 0.4) is 0 Å². The van der Waals surface area contributed by atoms with E-state index >= 15 is 0 Å². The average molecular weight is 319 g/mol. The summed E-state index contributed by atoms with van der Waals surface area (Å²) < 4.78 is 5.27. The fraction of sp³-hybridized carbons (Fsp3) is 0.273. The molecule has 124 valence electrons. The van der Waals surface area contributed by atoms with Crippen molar-refractivity contribution in [3.63, 3.8) is 0 Å². The number of methoxy groups -OCH3 is 1. The van der Waals surface area contributed by atoms with Gasteiger partial charge in [-0.15, -0.1) is 0 Å². The van der Waals surface area contributed by atoms with Crippen molar-refractivity contribution >= 4 is 0 Å². The molecule has 2 aromatic rings. The lowest BCUT2D eigenvalue weighted by Gasteiger charge is -2.35. The van der Waals surface area contributed by atoms with E-state index in [1.54, 1.807) is 7.11 Å². The Bertz CT molecular complexity index is 728. The molecule has 1 aliphatic rings. The maximum Gasteiger partial charge on any atom is 0.118 e. The van der Waals surface area contributed by atoms with Gasteiger partial charge in [0, 0.05) is 12.7 Å². The number of hydrogen-bond acceptors (Lipinski definition) is 2. The van der Waals surface area contributed by atoms with Crippen LogP contribution < -0.4 is 4.74 Å². The summed E-state index contributed by atoms with van der Waals surface area (Å²) in [6.45, 7) is 5.39. The third-order valence-corrected chi connectivity index (χ3v) is 4.83. The summed E-state index contributed by atoms with van der Waals surface area (Å²) in [7, 11) is 1.71. The van der Waals surface area contributed by atoms with E-state index in [4.69, 9.17) is 4.74 Å². The van der Waals surface area contributed by atoms with Crippen LogP contribution in [0.25, 0.3) is 0 Å². The number of rotatable bonds is 5. The summed E-state index contributed by atoms with van der Waals surface area (Å²) in [4.78, 5) is 2.45. The number of benzene rings is 2. The van der Waals surface area contributed by atoms with Gasteiger partial charge in [0.1, 0.15) is 5.75 Å². The van der Waals surface area contributed by atoms with Crippen molar-refractivity contribution in [3.8, 4) is 5.75 Å². The highest BCUT2D eigenvalue weighted by atomic mass is 16.5. The van der Waals surface area contributed by atoms with Gasteiger partial charge in [0.05, 0.1) is 13.2 Å². The van der Waals surface area contributed by atoms with Crippen LogP contribution in [0.15, 0.2) is 78.0 Å². The van der Waals surface area contributed by atoms with Gasteiger partial charge in [0.25, 0.3) is 0 Å². The molecular weight excluding hydrogens is 294 g/mol. The maximum absolute atomic E-state index is 5.27. The number of ether oxygens (including phenoxy) is 1. The fourth-order valence-electron chi connectivity index (χ4n) is 3.17. The summed E-state index contributed by atoms with van der Waals surface area (Å²) >= 11 is 0.